The molecule has 1 fully saturated rings. The lowest BCUT2D eigenvalue weighted by molar-refractivity contribution is 0.0893. The number of carbonyl (C=O) groups excluding carboxylic acids is 1. The van der Waals surface area contributed by atoms with E-state index in [-0.39, 0.29) is 23.8 Å². The minimum absolute atomic E-state index is 0.0708. The van der Waals surface area contributed by atoms with Gasteiger partial charge in [0.1, 0.15) is 17.4 Å². The minimum atomic E-state index is -0.652. The Kier molecular flexibility index (Phi) is 4.55. The third-order valence-corrected chi connectivity index (χ3v) is 3.91. The van der Waals surface area contributed by atoms with Gasteiger partial charge in [-0.05, 0) is 25.7 Å². The molecule has 23 heavy (non-hydrogen) atoms. The smallest absolute Gasteiger partial charge is 0.254 e. The highest BCUT2D eigenvalue weighted by Gasteiger charge is 2.24. The van der Waals surface area contributed by atoms with Crippen LogP contribution in [0.4, 0.5) is 8.78 Å². The minimum Gasteiger partial charge on any atom is -0.490 e. The molecule has 0 bridgehead atoms. The molecular formula is C16H17F2N3O2. The van der Waals surface area contributed by atoms with E-state index >= 15 is 0 Å². The Morgan fingerprint density at radius 1 is 1.17 bits per heavy atom. The molecular weight excluding hydrogens is 304 g/mol. The number of nitrogens with zero attached hydrogens (tertiary/aromatic N) is 1. The van der Waals surface area contributed by atoms with Crippen molar-refractivity contribution < 1.29 is 18.3 Å². The van der Waals surface area contributed by atoms with E-state index in [2.05, 4.69) is 15.5 Å². The first-order chi connectivity index (χ1) is 11.1. The van der Waals surface area contributed by atoms with Crippen LogP contribution in [0.5, 0.6) is 5.75 Å². The van der Waals surface area contributed by atoms with Crippen LogP contribution in [0.25, 0.3) is 0 Å². The summed E-state index contributed by atoms with van der Waals surface area (Å²) in [5, 5.41) is 9.29. The highest BCUT2D eigenvalue weighted by atomic mass is 19.1. The van der Waals surface area contributed by atoms with Crippen molar-refractivity contribution in [3.8, 4) is 5.75 Å². The lowest BCUT2D eigenvalue weighted by Gasteiger charge is -2.29. The molecule has 1 amide bonds. The maximum absolute atomic E-state index is 13.1. The van der Waals surface area contributed by atoms with E-state index in [0.717, 1.165) is 18.9 Å². The van der Waals surface area contributed by atoms with E-state index in [4.69, 9.17) is 4.74 Å². The number of amides is 1. The summed E-state index contributed by atoms with van der Waals surface area (Å²) >= 11 is 0. The van der Waals surface area contributed by atoms with Crippen LogP contribution in [0.2, 0.25) is 0 Å². The number of hydrogen-bond acceptors (Lipinski definition) is 3. The zero-order valence-corrected chi connectivity index (χ0v) is 12.4. The molecule has 0 unspecified atom stereocenters. The predicted octanol–water partition coefficient (Wildman–Crippen LogP) is 2.81. The average Bonchev–Trinajstić information content (AvgIpc) is 3.02. The summed E-state index contributed by atoms with van der Waals surface area (Å²) in [4.78, 5) is 11.9. The van der Waals surface area contributed by atoms with Crippen LogP contribution in [-0.2, 0) is 0 Å². The van der Waals surface area contributed by atoms with Gasteiger partial charge >= 0.3 is 0 Å². The standard InChI is InChI=1S/C16H17F2N3O2/c17-11-5-12(18)7-15(6-11)23-14-3-1-13(2-4-14)21-16(22)10-8-19-20-9-10/h5-9,13-14H,1-4H2,(H,19,20)(H,21,22). The average molecular weight is 321 g/mol. The number of benzene rings is 1. The molecule has 1 aliphatic rings. The molecule has 1 aliphatic carbocycles. The van der Waals surface area contributed by atoms with Crippen LogP contribution >= 0.6 is 0 Å². The van der Waals surface area contributed by atoms with Gasteiger partial charge in [-0.3, -0.25) is 9.89 Å². The topological polar surface area (TPSA) is 67.0 Å². The summed E-state index contributed by atoms with van der Waals surface area (Å²) in [5.74, 6) is -1.26. The van der Waals surface area contributed by atoms with Crippen molar-refractivity contribution in [2.45, 2.75) is 37.8 Å². The summed E-state index contributed by atoms with van der Waals surface area (Å²) in [6, 6.07) is 3.24. The molecule has 3 rings (SSSR count). The largest absolute Gasteiger partial charge is 0.490 e. The molecule has 2 N–H and O–H groups in total. The van der Waals surface area contributed by atoms with Gasteiger partial charge in [0.15, 0.2) is 0 Å². The summed E-state index contributed by atoms with van der Waals surface area (Å²) < 4.78 is 31.9. The lowest BCUT2D eigenvalue weighted by Crippen LogP contribution is -2.39. The van der Waals surface area contributed by atoms with E-state index in [1.807, 2.05) is 0 Å². The Morgan fingerprint density at radius 3 is 2.48 bits per heavy atom. The first-order valence-electron chi connectivity index (χ1n) is 7.52. The molecule has 0 saturated heterocycles. The molecule has 2 aromatic rings. The molecule has 122 valence electrons. The summed E-state index contributed by atoms with van der Waals surface area (Å²) in [7, 11) is 0. The van der Waals surface area contributed by atoms with E-state index in [1.54, 1.807) is 6.20 Å². The van der Waals surface area contributed by atoms with Gasteiger partial charge in [-0.25, -0.2) is 8.78 Å². The van der Waals surface area contributed by atoms with Gasteiger partial charge in [0.2, 0.25) is 0 Å². The number of aromatic amines is 1. The summed E-state index contributed by atoms with van der Waals surface area (Å²) in [6.45, 7) is 0. The highest BCUT2D eigenvalue weighted by Crippen LogP contribution is 2.25. The van der Waals surface area contributed by atoms with E-state index in [0.29, 0.717) is 18.4 Å². The number of nitrogens with one attached hydrogen (secondary N) is 2. The second kappa shape index (κ2) is 6.76. The zero-order chi connectivity index (χ0) is 16.2. The Morgan fingerprint density at radius 2 is 1.87 bits per heavy atom. The van der Waals surface area contributed by atoms with Gasteiger partial charge in [0.05, 0.1) is 17.9 Å². The van der Waals surface area contributed by atoms with Gasteiger partial charge < -0.3 is 10.1 Å². The number of aromatic nitrogens is 2. The number of halogens is 2. The van der Waals surface area contributed by atoms with Gasteiger partial charge in [0, 0.05) is 30.4 Å². The van der Waals surface area contributed by atoms with Crippen molar-refractivity contribution in [2.75, 3.05) is 0 Å². The second-order valence-electron chi connectivity index (χ2n) is 5.66. The quantitative estimate of drug-likeness (QED) is 0.910. The summed E-state index contributed by atoms with van der Waals surface area (Å²) in [6.07, 6.45) is 5.87. The molecule has 5 nitrogen and oxygen atoms in total. The highest BCUT2D eigenvalue weighted by molar-refractivity contribution is 5.93. The van der Waals surface area contributed by atoms with Crippen molar-refractivity contribution in [3.05, 3.63) is 47.8 Å². The first kappa shape index (κ1) is 15.5. The number of carbonyl (C=O) groups is 1. The molecule has 1 heterocycles. The molecule has 0 spiro atoms. The van der Waals surface area contributed by atoms with Crippen molar-refractivity contribution >= 4 is 5.91 Å². The van der Waals surface area contributed by atoms with Gasteiger partial charge in [-0.1, -0.05) is 0 Å². The second-order valence-corrected chi connectivity index (χ2v) is 5.66. The van der Waals surface area contributed by atoms with Crippen LogP contribution in [0.15, 0.2) is 30.6 Å². The van der Waals surface area contributed by atoms with Gasteiger partial charge in [-0.15, -0.1) is 0 Å². The van der Waals surface area contributed by atoms with E-state index < -0.39 is 11.6 Å². The maximum Gasteiger partial charge on any atom is 0.254 e. The molecule has 0 atom stereocenters. The fraction of sp³-hybridized carbons (Fsp3) is 0.375. The van der Waals surface area contributed by atoms with Crippen LogP contribution in [-0.4, -0.2) is 28.3 Å². The fourth-order valence-corrected chi connectivity index (χ4v) is 2.76. The molecule has 0 aliphatic heterocycles. The number of hydrogen-bond donors (Lipinski definition) is 2. The Hall–Kier alpha value is -2.44. The molecule has 1 saturated carbocycles. The van der Waals surface area contributed by atoms with Crippen LogP contribution < -0.4 is 10.1 Å². The van der Waals surface area contributed by atoms with Gasteiger partial charge in [0.25, 0.3) is 5.91 Å². The molecule has 7 heteroatoms. The van der Waals surface area contributed by atoms with Crippen LogP contribution in [0, 0.1) is 11.6 Å². The number of ether oxygens (including phenoxy) is 1. The molecule has 1 aromatic heterocycles. The van der Waals surface area contributed by atoms with Gasteiger partial charge in [-0.2, -0.15) is 5.10 Å². The van der Waals surface area contributed by atoms with Crippen molar-refractivity contribution in [1.29, 1.82) is 0 Å². The summed E-state index contributed by atoms with van der Waals surface area (Å²) in [5.41, 5.74) is 0.499. The number of H-pyrrole nitrogens is 1. The lowest BCUT2D eigenvalue weighted by atomic mass is 9.92. The normalized spacial score (nSPS) is 21.0. The first-order valence-corrected chi connectivity index (χ1v) is 7.52. The SMILES string of the molecule is O=C(NC1CCC(Oc2cc(F)cc(F)c2)CC1)c1cn[nH]c1. The van der Waals surface area contributed by atoms with Crippen LogP contribution in [0.1, 0.15) is 36.0 Å². The Balaban J connectivity index is 1.49. The van der Waals surface area contributed by atoms with E-state index in [9.17, 15) is 13.6 Å². The van der Waals surface area contributed by atoms with Crippen molar-refractivity contribution in [2.24, 2.45) is 0 Å². The Labute approximate surface area is 132 Å². The third-order valence-electron chi connectivity index (χ3n) is 3.91. The van der Waals surface area contributed by atoms with Crippen molar-refractivity contribution in [1.82, 2.24) is 15.5 Å². The number of rotatable bonds is 4. The van der Waals surface area contributed by atoms with E-state index in [1.165, 1.54) is 18.3 Å². The fourth-order valence-electron chi connectivity index (χ4n) is 2.76. The maximum atomic E-state index is 13.1. The monoisotopic (exact) mass is 321 g/mol. The molecule has 1 aromatic carbocycles. The molecule has 0 radical (unpaired) electrons. The third kappa shape index (κ3) is 4.06. The zero-order valence-electron chi connectivity index (χ0n) is 12.4. The predicted molar refractivity (Wildman–Crippen MR) is 79.1 cm³/mol. The Bertz CT molecular complexity index is 648. The van der Waals surface area contributed by atoms with Crippen molar-refractivity contribution in [3.63, 3.8) is 0 Å². The van der Waals surface area contributed by atoms with Crippen LogP contribution in [0.3, 0.4) is 0 Å².